The fourth-order valence-electron chi connectivity index (χ4n) is 3.48. The van der Waals surface area contributed by atoms with Crippen LogP contribution in [-0.2, 0) is 0 Å². The number of rotatable bonds is 6. The highest BCUT2D eigenvalue weighted by Crippen LogP contribution is 2.21. The summed E-state index contributed by atoms with van der Waals surface area (Å²) in [5, 5.41) is 5.81. The molecule has 1 amide bonds. The van der Waals surface area contributed by atoms with Crippen LogP contribution >= 0.6 is 0 Å². The van der Waals surface area contributed by atoms with Crippen molar-refractivity contribution in [1.29, 1.82) is 0 Å². The number of imidazole rings is 1. The number of ether oxygens (including phenoxy) is 1. The highest BCUT2D eigenvalue weighted by atomic mass is 19.1. The van der Waals surface area contributed by atoms with Gasteiger partial charge in [-0.15, -0.1) is 0 Å². The van der Waals surface area contributed by atoms with E-state index in [0.29, 0.717) is 36.3 Å². The van der Waals surface area contributed by atoms with Crippen molar-refractivity contribution in [3.63, 3.8) is 0 Å². The number of fused-ring (bicyclic) bond motifs is 1. The van der Waals surface area contributed by atoms with Gasteiger partial charge in [-0.25, -0.2) is 19.3 Å². The Morgan fingerprint density at radius 1 is 1.27 bits per heavy atom. The molecule has 3 aromatic rings. The quantitative estimate of drug-likeness (QED) is 0.620. The average Bonchev–Trinajstić information content (AvgIpc) is 3.29. The van der Waals surface area contributed by atoms with Crippen molar-refractivity contribution >= 4 is 23.2 Å². The number of alkyl halides is 1. The number of anilines is 2. The van der Waals surface area contributed by atoms with Crippen molar-refractivity contribution in [1.82, 2.24) is 29.7 Å². The molecule has 10 nitrogen and oxygen atoms in total. The summed E-state index contributed by atoms with van der Waals surface area (Å²) in [6.07, 6.45) is 5.32. The Kier molecular flexibility index (Phi) is 5.44. The normalized spacial score (nSPS) is 18.7. The summed E-state index contributed by atoms with van der Waals surface area (Å²) in [7, 11) is 1.49. The molecular weight excluding hydrogens is 391 g/mol. The van der Waals surface area contributed by atoms with Crippen LogP contribution in [0.4, 0.5) is 16.0 Å². The number of nitrogens with zero attached hydrogens (tertiary/aromatic N) is 6. The van der Waals surface area contributed by atoms with Crippen molar-refractivity contribution in [3.05, 3.63) is 36.2 Å². The van der Waals surface area contributed by atoms with Crippen LogP contribution in [0.25, 0.3) is 5.65 Å². The molecule has 4 rings (SSSR count). The summed E-state index contributed by atoms with van der Waals surface area (Å²) in [5.41, 5.74) is 1.49. The zero-order valence-corrected chi connectivity index (χ0v) is 17.0. The number of likely N-dealkylation sites (N-methyl/N-ethyl adjacent to an activating group) is 1. The maximum Gasteiger partial charge on any atom is 0.277 e. The zero-order chi connectivity index (χ0) is 21.3. The van der Waals surface area contributed by atoms with Gasteiger partial charge in [-0.3, -0.25) is 9.20 Å². The van der Waals surface area contributed by atoms with Crippen molar-refractivity contribution in [2.24, 2.45) is 0 Å². The van der Waals surface area contributed by atoms with E-state index < -0.39 is 12.1 Å². The summed E-state index contributed by atoms with van der Waals surface area (Å²) < 4.78 is 21.1. The van der Waals surface area contributed by atoms with Crippen LogP contribution in [0.2, 0.25) is 0 Å². The first-order valence-corrected chi connectivity index (χ1v) is 9.64. The van der Waals surface area contributed by atoms with Crippen molar-refractivity contribution in [3.8, 4) is 5.88 Å². The minimum atomic E-state index is -0.975. The van der Waals surface area contributed by atoms with E-state index >= 15 is 0 Å². The van der Waals surface area contributed by atoms with E-state index in [0.717, 1.165) is 5.69 Å². The summed E-state index contributed by atoms with van der Waals surface area (Å²) in [6, 6.07) is -0.234. The lowest BCUT2D eigenvalue weighted by Crippen LogP contribution is -2.37. The third kappa shape index (κ3) is 3.88. The molecule has 2 atom stereocenters. The van der Waals surface area contributed by atoms with Crippen LogP contribution in [0.5, 0.6) is 5.88 Å². The molecule has 158 valence electrons. The highest BCUT2D eigenvalue weighted by molar-refractivity contribution is 6.02. The van der Waals surface area contributed by atoms with Gasteiger partial charge in [-0.2, -0.15) is 4.98 Å². The van der Waals surface area contributed by atoms with Gasteiger partial charge < -0.3 is 20.3 Å². The maximum atomic E-state index is 14.1. The smallest absolute Gasteiger partial charge is 0.277 e. The number of amides is 1. The van der Waals surface area contributed by atoms with Crippen LogP contribution in [0.3, 0.4) is 0 Å². The molecule has 0 bridgehead atoms. The number of carbonyl (C=O) groups is 1. The summed E-state index contributed by atoms with van der Waals surface area (Å²) >= 11 is 0. The van der Waals surface area contributed by atoms with Crippen molar-refractivity contribution in [2.45, 2.75) is 26.1 Å². The topological polar surface area (TPSA) is 110 Å². The molecule has 11 heteroatoms. The minimum Gasteiger partial charge on any atom is -0.478 e. The van der Waals surface area contributed by atoms with Gasteiger partial charge in [0.1, 0.15) is 17.7 Å². The number of aromatic nitrogens is 5. The van der Waals surface area contributed by atoms with Gasteiger partial charge in [0.2, 0.25) is 5.65 Å². The number of halogens is 1. The van der Waals surface area contributed by atoms with Crippen LogP contribution in [-0.4, -0.2) is 69.2 Å². The molecule has 0 unspecified atom stereocenters. The summed E-state index contributed by atoms with van der Waals surface area (Å²) in [5.74, 6) is 0.660. The van der Waals surface area contributed by atoms with Crippen LogP contribution in [0, 0.1) is 6.92 Å². The number of carbonyl (C=O) groups excluding carboxylic acids is 1. The Hall–Kier alpha value is -3.34. The monoisotopic (exact) mass is 414 g/mol. The standard InChI is InChI=1S/C19H23FN8O2/c1-4-21-14-9-27(8-12(14)20)16-6-22-13(5-23-16)18(29)25-15-10-28-7-11(2)24-17(28)19(26-15)30-3/h5-7,10,12,14,21H,4,8-9H2,1-3H3,(H,25,29)/t12-,14+/m0/s1. The van der Waals surface area contributed by atoms with Crippen LogP contribution in [0.1, 0.15) is 23.1 Å². The van der Waals surface area contributed by atoms with Crippen LogP contribution in [0.15, 0.2) is 24.8 Å². The third-order valence-electron chi connectivity index (χ3n) is 4.87. The molecule has 30 heavy (non-hydrogen) atoms. The molecule has 1 aliphatic heterocycles. The third-order valence-corrected chi connectivity index (χ3v) is 4.87. The maximum absolute atomic E-state index is 14.1. The predicted molar refractivity (Wildman–Crippen MR) is 109 cm³/mol. The van der Waals surface area contributed by atoms with Crippen molar-refractivity contribution < 1.29 is 13.9 Å². The Balaban J connectivity index is 1.47. The number of aryl methyl sites for hydroxylation is 1. The SMILES string of the molecule is CCN[C@@H]1CN(c2cnc(C(=O)Nc3cn4cc(C)nc4c(OC)n3)cn2)C[C@@H]1F. The first-order valence-electron chi connectivity index (χ1n) is 9.64. The number of nitrogens with one attached hydrogen (secondary N) is 2. The lowest BCUT2D eigenvalue weighted by Gasteiger charge is -2.16. The average molecular weight is 414 g/mol. The Labute approximate surface area is 172 Å². The van der Waals surface area contributed by atoms with E-state index in [1.54, 1.807) is 16.8 Å². The first kappa shape index (κ1) is 20.0. The summed E-state index contributed by atoms with van der Waals surface area (Å²) in [6.45, 7) is 5.24. The van der Waals surface area contributed by atoms with E-state index in [9.17, 15) is 9.18 Å². The Morgan fingerprint density at radius 2 is 2.10 bits per heavy atom. The first-order chi connectivity index (χ1) is 14.5. The molecule has 1 saturated heterocycles. The fraction of sp³-hybridized carbons (Fsp3) is 0.421. The second kappa shape index (κ2) is 8.19. The summed E-state index contributed by atoms with van der Waals surface area (Å²) in [4.78, 5) is 31.5. The van der Waals surface area contributed by atoms with Gasteiger partial charge >= 0.3 is 0 Å². The van der Waals surface area contributed by atoms with Gasteiger partial charge in [0.05, 0.1) is 44.0 Å². The van der Waals surface area contributed by atoms with Gasteiger partial charge in [0.25, 0.3) is 11.8 Å². The molecule has 0 aliphatic carbocycles. The lowest BCUT2D eigenvalue weighted by molar-refractivity contribution is 0.102. The van der Waals surface area contributed by atoms with Gasteiger partial charge in [-0.05, 0) is 13.5 Å². The lowest BCUT2D eigenvalue weighted by atomic mass is 10.2. The van der Waals surface area contributed by atoms with E-state index in [1.807, 2.05) is 18.7 Å². The van der Waals surface area contributed by atoms with Gasteiger partial charge in [0.15, 0.2) is 5.82 Å². The van der Waals surface area contributed by atoms with Crippen molar-refractivity contribution in [2.75, 3.05) is 37.0 Å². The van der Waals surface area contributed by atoms with Crippen LogP contribution < -0.4 is 20.3 Å². The van der Waals surface area contributed by atoms with E-state index in [1.165, 1.54) is 19.5 Å². The molecule has 4 heterocycles. The molecule has 2 N–H and O–H groups in total. The van der Waals surface area contributed by atoms with Gasteiger partial charge in [0, 0.05) is 12.7 Å². The minimum absolute atomic E-state index is 0.126. The second-order valence-corrected chi connectivity index (χ2v) is 7.05. The van der Waals surface area contributed by atoms with Gasteiger partial charge in [-0.1, -0.05) is 6.92 Å². The zero-order valence-electron chi connectivity index (χ0n) is 17.0. The highest BCUT2D eigenvalue weighted by Gasteiger charge is 2.33. The second-order valence-electron chi connectivity index (χ2n) is 7.05. The molecule has 0 radical (unpaired) electrons. The molecule has 0 spiro atoms. The van der Waals surface area contributed by atoms with E-state index in [-0.39, 0.29) is 18.3 Å². The largest absolute Gasteiger partial charge is 0.478 e. The number of hydrogen-bond acceptors (Lipinski definition) is 8. The fourth-order valence-corrected chi connectivity index (χ4v) is 3.48. The molecule has 0 aromatic carbocycles. The number of hydrogen-bond donors (Lipinski definition) is 2. The molecule has 1 aliphatic rings. The Morgan fingerprint density at radius 3 is 2.80 bits per heavy atom. The molecule has 0 saturated carbocycles. The van der Waals surface area contributed by atoms with E-state index in [2.05, 4.69) is 30.6 Å². The molecule has 3 aromatic heterocycles. The molecular formula is C19H23FN8O2. The van der Waals surface area contributed by atoms with E-state index in [4.69, 9.17) is 4.74 Å². The Bertz CT molecular complexity index is 1050. The number of methoxy groups -OCH3 is 1. The predicted octanol–water partition coefficient (Wildman–Crippen LogP) is 1.22. The molecule has 1 fully saturated rings.